The Morgan fingerprint density at radius 2 is 1.82 bits per heavy atom. The van der Waals surface area contributed by atoms with Gasteiger partial charge in [0.05, 0.1) is 6.20 Å². The highest BCUT2D eigenvalue weighted by molar-refractivity contribution is 6.09. The molecule has 2 aliphatic rings. The summed E-state index contributed by atoms with van der Waals surface area (Å²) in [4.78, 5) is 22.2. The van der Waals surface area contributed by atoms with Crippen molar-refractivity contribution in [2.75, 3.05) is 4.90 Å². The first-order valence-electron chi connectivity index (χ1n) is 8.82. The lowest BCUT2D eigenvalue weighted by atomic mass is 10.1. The van der Waals surface area contributed by atoms with Crippen molar-refractivity contribution in [1.29, 1.82) is 0 Å². The lowest BCUT2D eigenvalue weighted by Gasteiger charge is -2.17. The summed E-state index contributed by atoms with van der Waals surface area (Å²) in [6.07, 6.45) is 6.08. The zero-order chi connectivity index (χ0) is 19.5. The maximum absolute atomic E-state index is 14.9. The van der Waals surface area contributed by atoms with E-state index in [0.717, 1.165) is 22.7 Å². The zero-order valence-corrected chi connectivity index (χ0v) is 14.9. The number of nitrogens with zero attached hydrogens (tertiary/aromatic N) is 4. The first-order chi connectivity index (χ1) is 13.5. The van der Waals surface area contributed by atoms with E-state index in [1.54, 1.807) is 35.3 Å². The van der Waals surface area contributed by atoms with Crippen LogP contribution < -0.4 is 4.90 Å². The van der Waals surface area contributed by atoms with Crippen LogP contribution in [0, 0.1) is 30.4 Å². The molecule has 5 rings (SSSR count). The van der Waals surface area contributed by atoms with E-state index in [4.69, 9.17) is 0 Å². The molecular weight excluding hydrogens is 362 g/mol. The highest BCUT2D eigenvalue weighted by Gasteiger charge is 2.61. The summed E-state index contributed by atoms with van der Waals surface area (Å²) in [6, 6.07) is 5.74. The predicted octanol–water partition coefficient (Wildman–Crippen LogP) is 3.43. The molecule has 0 radical (unpaired) electrons. The Kier molecular flexibility index (Phi) is 3.40. The maximum atomic E-state index is 14.9. The Hall–Kier alpha value is -3.53. The molecule has 0 atom stereocenters. The van der Waals surface area contributed by atoms with Crippen molar-refractivity contribution < 1.29 is 13.6 Å². The van der Waals surface area contributed by atoms with Crippen LogP contribution in [0.2, 0.25) is 0 Å². The van der Waals surface area contributed by atoms with Gasteiger partial charge >= 0.3 is 0 Å². The third-order valence-electron chi connectivity index (χ3n) is 5.13. The number of hydrogen-bond donors (Lipinski definition) is 0. The molecule has 5 nitrogen and oxygen atoms in total. The standard InChI is InChI=1S/C21H14F2N4O/c1-13-11-25-20-26(19(28)21(6-7-21)27(13)20)18-16(22)9-15(10-17(18)23)5-4-14-3-2-8-24-12-14/h2-3,8-12H,6-7H2,1H3. The van der Waals surface area contributed by atoms with E-state index in [1.807, 2.05) is 6.92 Å². The van der Waals surface area contributed by atoms with Crippen LogP contribution in [-0.4, -0.2) is 20.4 Å². The van der Waals surface area contributed by atoms with Crippen LogP contribution in [0.25, 0.3) is 0 Å². The minimum atomic E-state index is -0.853. The lowest BCUT2D eigenvalue weighted by Crippen LogP contribution is -2.31. The van der Waals surface area contributed by atoms with E-state index < -0.39 is 22.9 Å². The number of imidazole rings is 1. The number of benzene rings is 1. The molecule has 0 N–H and O–H groups in total. The molecule has 0 unspecified atom stereocenters. The predicted molar refractivity (Wildman–Crippen MR) is 97.9 cm³/mol. The number of aryl methyl sites for hydroxylation is 1. The number of anilines is 2. The van der Waals surface area contributed by atoms with E-state index in [2.05, 4.69) is 21.8 Å². The van der Waals surface area contributed by atoms with Crippen molar-refractivity contribution in [1.82, 2.24) is 14.5 Å². The van der Waals surface area contributed by atoms with Crippen molar-refractivity contribution in [2.24, 2.45) is 0 Å². The van der Waals surface area contributed by atoms with Crippen molar-refractivity contribution in [3.8, 4) is 11.8 Å². The number of hydrogen-bond acceptors (Lipinski definition) is 3. The molecule has 0 bridgehead atoms. The van der Waals surface area contributed by atoms with Crippen molar-refractivity contribution in [3.05, 3.63) is 71.3 Å². The number of carbonyl (C=O) groups is 1. The monoisotopic (exact) mass is 376 g/mol. The van der Waals surface area contributed by atoms with E-state index >= 15 is 0 Å². The number of aromatic nitrogens is 3. The first-order valence-corrected chi connectivity index (χ1v) is 8.82. The molecule has 1 spiro atoms. The molecule has 1 aliphatic carbocycles. The van der Waals surface area contributed by atoms with E-state index in [0.29, 0.717) is 18.4 Å². The molecule has 28 heavy (non-hydrogen) atoms. The topological polar surface area (TPSA) is 51.0 Å². The van der Waals surface area contributed by atoms with Crippen LogP contribution in [0.4, 0.5) is 20.4 Å². The van der Waals surface area contributed by atoms with E-state index in [-0.39, 0.29) is 17.4 Å². The smallest absolute Gasteiger partial charge is 0.260 e. The van der Waals surface area contributed by atoms with Gasteiger partial charge in [0.2, 0.25) is 5.95 Å². The van der Waals surface area contributed by atoms with Crippen LogP contribution in [0.5, 0.6) is 0 Å². The number of amides is 1. The van der Waals surface area contributed by atoms with Crippen LogP contribution in [0.3, 0.4) is 0 Å². The van der Waals surface area contributed by atoms with Crippen LogP contribution in [0.15, 0.2) is 42.9 Å². The van der Waals surface area contributed by atoms with Crippen LogP contribution >= 0.6 is 0 Å². The van der Waals surface area contributed by atoms with Gasteiger partial charge in [0, 0.05) is 29.2 Å². The Balaban J connectivity index is 1.57. The van der Waals surface area contributed by atoms with Gasteiger partial charge in [-0.15, -0.1) is 0 Å². The van der Waals surface area contributed by atoms with Crippen LogP contribution in [-0.2, 0) is 10.3 Å². The molecule has 2 aromatic heterocycles. The van der Waals surface area contributed by atoms with Crippen molar-refractivity contribution in [3.63, 3.8) is 0 Å². The minimum Gasteiger partial charge on any atom is -0.299 e. The van der Waals surface area contributed by atoms with Crippen molar-refractivity contribution >= 4 is 17.5 Å². The highest BCUT2D eigenvalue weighted by atomic mass is 19.1. The SMILES string of the molecule is Cc1cnc2n1C1(CC1)C(=O)N2c1c(F)cc(C#Cc2cccnc2)cc1F. The Morgan fingerprint density at radius 3 is 2.46 bits per heavy atom. The van der Waals surface area contributed by atoms with Gasteiger partial charge in [0.25, 0.3) is 5.91 Å². The van der Waals surface area contributed by atoms with Gasteiger partial charge in [-0.25, -0.2) is 18.7 Å². The fourth-order valence-electron chi connectivity index (χ4n) is 3.70. The second-order valence-corrected chi connectivity index (χ2v) is 6.99. The van der Waals surface area contributed by atoms with Crippen LogP contribution in [0.1, 0.15) is 29.7 Å². The lowest BCUT2D eigenvalue weighted by molar-refractivity contribution is -0.120. The van der Waals surface area contributed by atoms with Gasteiger partial charge < -0.3 is 0 Å². The van der Waals surface area contributed by atoms with E-state index in [9.17, 15) is 13.6 Å². The summed E-state index contributed by atoms with van der Waals surface area (Å²) in [6.45, 7) is 1.83. The molecule has 138 valence electrons. The third kappa shape index (κ3) is 2.28. The largest absolute Gasteiger partial charge is 0.299 e. The average molecular weight is 376 g/mol. The maximum Gasteiger partial charge on any atom is 0.260 e. The first kappa shape index (κ1) is 16.6. The summed E-state index contributed by atoms with van der Waals surface area (Å²) in [5, 5.41) is 0. The highest BCUT2D eigenvalue weighted by Crippen LogP contribution is 2.54. The van der Waals surface area contributed by atoms with E-state index in [1.165, 1.54) is 0 Å². The molecule has 1 fully saturated rings. The number of fused-ring (bicyclic) bond motifs is 2. The molecule has 1 saturated carbocycles. The molecular formula is C21H14F2N4O. The normalized spacial score (nSPS) is 16.1. The third-order valence-corrected chi connectivity index (χ3v) is 5.13. The summed E-state index contributed by atoms with van der Waals surface area (Å²) in [5.74, 6) is 3.75. The molecule has 3 heterocycles. The van der Waals surface area contributed by atoms with Gasteiger partial charge in [0.1, 0.15) is 11.2 Å². The number of carbonyl (C=O) groups excluding carboxylic acids is 1. The fraction of sp³-hybridized carbons (Fsp3) is 0.190. The minimum absolute atomic E-state index is 0.176. The van der Waals surface area contributed by atoms with Gasteiger partial charge in [0.15, 0.2) is 11.6 Å². The molecule has 1 aliphatic heterocycles. The summed E-state index contributed by atoms with van der Waals surface area (Å²) in [7, 11) is 0. The molecule has 3 aromatic rings. The molecule has 0 saturated heterocycles. The Bertz CT molecular complexity index is 1160. The van der Waals surface area contributed by atoms with Crippen molar-refractivity contribution in [2.45, 2.75) is 25.3 Å². The number of rotatable bonds is 1. The van der Waals surface area contributed by atoms with Gasteiger partial charge in [-0.3, -0.25) is 14.3 Å². The fourth-order valence-corrected chi connectivity index (χ4v) is 3.70. The molecule has 7 heteroatoms. The Morgan fingerprint density at radius 1 is 1.11 bits per heavy atom. The summed E-state index contributed by atoms with van der Waals surface area (Å²) < 4.78 is 31.5. The summed E-state index contributed by atoms with van der Waals surface area (Å²) >= 11 is 0. The number of pyridine rings is 1. The summed E-state index contributed by atoms with van der Waals surface area (Å²) in [5.41, 5.74) is 0.453. The second-order valence-electron chi connectivity index (χ2n) is 6.99. The van der Waals surface area contributed by atoms with Gasteiger partial charge in [-0.1, -0.05) is 11.8 Å². The average Bonchev–Trinajstić information content (AvgIpc) is 3.34. The molecule has 1 amide bonds. The number of halogens is 2. The Labute approximate surface area is 159 Å². The molecule has 1 aromatic carbocycles. The quantitative estimate of drug-likeness (QED) is 0.612. The second kappa shape index (κ2) is 5.73. The van der Waals surface area contributed by atoms with Gasteiger partial charge in [-0.05, 0) is 44.0 Å². The zero-order valence-electron chi connectivity index (χ0n) is 14.9. The van der Waals surface area contributed by atoms with Gasteiger partial charge in [-0.2, -0.15) is 0 Å².